The molecule has 2 heterocycles. The molecule has 96 valence electrons. The number of rotatable bonds is 5. The number of hydrogen-bond acceptors (Lipinski definition) is 4. The number of thiazole rings is 1. The van der Waals surface area contributed by atoms with Gasteiger partial charge in [0.1, 0.15) is 0 Å². The molecule has 1 N–H and O–H groups in total. The number of likely N-dealkylation sites (tertiary alicyclic amines) is 1. The normalized spacial score (nSPS) is 21.5. The number of nitrogens with zero attached hydrogens (tertiary/aromatic N) is 2. The molecule has 1 aliphatic rings. The Morgan fingerprint density at radius 2 is 2.41 bits per heavy atom. The van der Waals surface area contributed by atoms with E-state index in [9.17, 15) is 0 Å². The second kappa shape index (κ2) is 5.94. The lowest BCUT2D eigenvalue weighted by atomic mass is 10.2. The zero-order chi connectivity index (χ0) is 12.3. The minimum absolute atomic E-state index is 0.678. The van der Waals surface area contributed by atoms with E-state index in [2.05, 4.69) is 41.4 Å². The fourth-order valence-electron chi connectivity index (χ4n) is 2.35. The highest BCUT2D eigenvalue weighted by Gasteiger charge is 2.23. The van der Waals surface area contributed by atoms with Crippen LogP contribution in [0, 0.1) is 6.92 Å². The molecule has 0 bridgehead atoms. The van der Waals surface area contributed by atoms with Crippen molar-refractivity contribution in [1.82, 2.24) is 15.2 Å². The molecule has 2 rings (SSSR count). The highest BCUT2D eigenvalue weighted by molar-refractivity contribution is 7.09. The van der Waals surface area contributed by atoms with Crippen molar-refractivity contribution in [2.24, 2.45) is 0 Å². The third-order valence-corrected chi connectivity index (χ3v) is 4.25. The van der Waals surface area contributed by atoms with Crippen molar-refractivity contribution < 1.29 is 0 Å². The molecule has 1 fully saturated rings. The van der Waals surface area contributed by atoms with Gasteiger partial charge in [0.15, 0.2) is 0 Å². The topological polar surface area (TPSA) is 28.2 Å². The maximum atomic E-state index is 4.49. The van der Waals surface area contributed by atoms with Crippen molar-refractivity contribution in [2.45, 2.75) is 45.7 Å². The summed E-state index contributed by atoms with van der Waals surface area (Å²) in [5, 5.41) is 6.99. The van der Waals surface area contributed by atoms with Crippen molar-refractivity contribution in [1.29, 1.82) is 0 Å². The average Bonchev–Trinajstić information content (AvgIpc) is 2.88. The first kappa shape index (κ1) is 13.0. The SMILES string of the molecule is Cc1nc(CCNC2CCN(C(C)C)C2)cs1. The Morgan fingerprint density at radius 3 is 3.00 bits per heavy atom. The van der Waals surface area contributed by atoms with Crippen LogP contribution in [0.5, 0.6) is 0 Å². The Morgan fingerprint density at radius 1 is 1.59 bits per heavy atom. The molecule has 0 amide bonds. The lowest BCUT2D eigenvalue weighted by molar-refractivity contribution is 0.268. The molecule has 1 aromatic rings. The molecule has 1 atom stereocenters. The van der Waals surface area contributed by atoms with Crippen LogP contribution in [-0.2, 0) is 6.42 Å². The van der Waals surface area contributed by atoms with Crippen molar-refractivity contribution in [3.8, 4) is 0 Å². The number of aromatic nitrogens is 1. The highest BCUT2D eigenvalue weighted by atomic mass is 32.1. The zero-order valence-electron chi connectivity index (χ0n) is 11.1. The average molecular weight is 253 g/mol. The Hall–Kier alpha value is -0.450. The van der Waals surface area contributed by atoms with Gasteiger partial charge in [-0.2, -0.15) is 0 Å². The Kier molecular flexibility index (Phi) is 4.54. The highest BCUT2D eigenvalue weighted by Crippen LogP contribution is 2.12. The summed E-state index contributed by atoms with van der Waals surface area (Å²) in [7, 11) is 0. The van der Waals surface area contributed by atoms with Gasteiger partial charge >= 0.3 is 0 Å². The van der Waals surface area contributed by atoms with Gasteiger partial charge in [0.25, 0.3) is 0 Å². The Bertz CT molecular complexity index is 348. The van der Waals surface area contributed by atoms with E-state index in [1.54, 1.807) is 11.3 Å². The van der Waals surface area contributed by atoms with Crippen LogP contribution in [0.15, 0.2) is 5.38 Å². The van der Waals surface area contributed by atoms with Gasteiger partial charge in [0.2, 0.25) is 0 Å². The molecule has 0 spiro atoms. The fraction of sp³-hybridized carbons (Fsp3) is 0.769. The van der Waals surface area contributed by atoms with E-state index in [0.717, 1.165) is 13.0 Å². The van der Waals surface area contributed by atoms with Crippen molar-refractivity contribution in [3.63, 3.8) is 0 Å². The summed E-state index contributed by atoms with van der Waals surface area (Å²) in [4.78, 5) is 7.03. The van der Waals surface area contributed by atoms with Gasteiger partial charge in [0, 0.05) is 37.0 Å². The van der Waals surface area contributed by atoms with Crippen LogP contribution in [0.2, 0.25) is 0 Å². The maximum absolute atomic E-state index is 4.49. The quantitative estimate of drug-likeness (QED) is 0.870. The lowest BCUT2D eigenvalue weighted by Crippen LogP contribution is -2.36. The molecule has 0 aliphatic carbocycles. The number of aryl methyl sites for hydroxylation is 1. The van der Waals surface area contributed by atoms with Gasteiger partial charge in [0.05, 0.1) is 10.7 Å². The summed E-state index contributed by atoms with van der Waals surface area (Å²) in [5.41, 5.74) is 1.23. The monoisotopic (exact) mass is 253 g/mol. The standard InChI is InChI=1S/C13H23N3S/c1-10(2)16-7-5-12(8-16)14-6-4-13-9-17-11(3)15-13/h9-10,12,14H,4-8H2,1-3H3. The first-order valence-electron chi connectivity index (χ1n) is 6.53. The first-order valence-corrected chi connectivity index (χ1v) is 7.41. The predicted molar refractivity (Wildman–Crippen MR) is 73.7 cm³/mol. The second-order valence-corrected chi connectivity index (χ2v) is 6.20. The summed E-state index contributed by atoms with van der Waals surface area (Å²) >= 11 is 1.74. The summed E-state index contributed by atoms with van der Waals surface area (Å²) in [6.45, 7) is 10.1. The third kappa shape index (κ3) is 3.76. The van der Waals surface area contributed by atoms with E-state index in [1.807, 2.05) is 0 Å². The van der Waals surface area contributed by atoms with Crippen LogP contribution < -0.4 is 5.32 Å². The zero-order valence-corrected chi connectivity index (χ0v) is 11.9. The summed E-state index contributed by atoms with van der Waals surface area (Å²) in [6, 6.07) is 1.36. The minimum atomic E-state index is 0.678. The van der Waals surface area contributed by atoms with Crippen LogP contribution in [-0.4, -0.2) is 41.6 Å². The van der Waals surface area contributed by atoms with E-state index in [0.29, 0.717) is 12.1 Å². The van der Waals surface area contributed by atoms with Gasteiger partial charge in [-0.3, -0.25) is 4.90 Å². The van der Waals surface area contributed by atoms with E-state index < -0.39 is 0 Å². The van der Waals surface area contributed by atoms with E-state index in [-0.39, 0.29) is 0 Å². The van der Waals surface area contributed by atoms with E-state index >= 15 is 0 Å². The van der Waals surface area contributed by atoms with E-state index in [4.69, 9.17) is 0 Å². The molecule has 1 aromatic heterocycles. The molecule has 0 saturated carbocycles. The van der Waals surface area contributed by atoms with Crippen LogP contribution >= 0.6 is 11.3 Å². The van der Waals surface area contributed by atoms with Gasteiger partial charge in [-0.15, -0.1) is 11.3 Å². The van der Waals surface area contributed by atoms with Gasteiger partial charge in [-0.1, -0.05) is 0 Å². The van der Waals surface area contributed by atoms with Crippen LogP contribution in [0.3, 0.4) is 0 Å². The van der Waals surface area contributed by atoms with Crippen molar-refractivity contribution in [2.75, 3.05) is 19.6 Å². The van der Waals surface area contributed by atoms with Gasteiger partial charge in [-0.05, 0) is 33.7 Å². The lowest BCUT2D eigenvalue weighted by Gasteiger charge is -2.20. The minimum Gasteiger partial charge on any atom is -0.312 e. The maximum Gasteiger partial charge on any atom is 0.0897 e. The second-order valence-electron chi connectivity index (χ2n) is 5.14. The Balaban J connectivity index is 1.66. The smallest absolute Gasteiger partial charge is 0.0897 e. The van der Waals surface area contributed by atoms with Gasteiger partial charge < -0.3 is 5.32 Å². The first-order chi connectivity index (χ1) is 8.15. The number of nitrogens with one attached hydrogen (secondary N) is 1. The third-order valence-electron chi connectivity index (χ3n) is 3.43. The van der Waals surface area contributed by atoms with Crippen LogP contribution in [0.1, 0.15) is 31.0 Å². The molecule has 17 heavy (non-hydrogen) atoms. The molecule has 1 saturated heterocycles. The fourth-order valence-corrected chi connectivity index (χ4v) is 3.00. The van der Waals surface area contributed by atoms with Gasteiger partial charge in [-0.25, -0.2) is 4.98 Å². The van der Waals surface area contributed by atoms with E-state index in [1.165, 1.54) is 30.2 Å². The van der Waals surface area contributed by atoms with Crippen molar-refractivity contribution in [3.05, 3.63) is 16.1 Å². The molecule has 3 nitrogen and oxygen atoms in total. The predicted octanol–water partition coefficient (Wildman–Crippen LogP) is 2.07. The molecule has 4 heteroatoms. The molecular weight excluding hydrogens is 230 g/mol. The molecule has 1 unspecified atom stereocenters. The summed E-state index contributed by atoms with van der Waals surface area (Å²) in [5.74, 6) is 0. The molecule has 1 aliphatic heterocycles. The van der Waals surface area contributed by atoms with Crippen molar-refractivity contribution >= 4 is 11.3 Å². The summed E-state index contributed by atoms with van der Waals surface area (Å²) in [6.07, 6.45) is 2.34. The molecule has 0 radical (unpaired) electrons. The Labute approximate surface area is 108 Å². The molecule has 0 aromatic carbocycles. The summed E-state index contributed by atoms with van der Waals surface area (Å²) < 4.78 is 0. The van der Waals surface area contributed by atoms with Crippen LogP contribution in [0.4, 0.5) is 0 Å². The largest absolute Gasteiger partial charge is 0.312 e. The van der Waals surface area contributed by atoms with Crippen LogP contribution in [0.25, 0.3) is 0 Å². The molecular formula is C13H23N3S. The number of hydrogen-bond donors (Lipinski definition) is 1.